The molecule has 84 valence electrons. The third-order valence-corrected chi connectivity index (χ3v) is 2.81. The van der Waals surface area contributed by atoms with Crippen LogP contribution in [0.5, 0.6) is 0 Å². The molecule has 0 saturated heterocycles. The van der Waals surface area contributed by atoms with Crippen LogP contribution in [0.15, 0.2) is 24.3 Å². The fourth-order valence-corrected chi connectivity index (χ4v) is 1.46. The highest BCUT2D eigenvalue weighted by Gasteiger charge is 2.48. The molecule has 1 atom stereocenters. The van der Waals surface area contributed by atoms with E-state index in [1.54, 1.807) is 0 Å². The maximum atomic E-state index is 13.4. The van der Waals surface area contributed by atoms with Crippen molar-refractivity contribution in [2.45, 2.75) is 31.8 Å². The molecule has 0 aliphatic heterocycles. The highest BCUT2D eigenvalue weighted by Crippen LogP contribution is 2.39. The van der Waals surface area contributed by atoms with E-state index in [0.717, 1.165) is 6.92 Å². The molecule has 1 rings (SSSR count). The van der Waals surface area contributed by atoms with E-state index in [-0.39, 0.29) is 5.56 Å². The summed E-state index contributed by atoms with van der Waals surface area (Å²) in [5.74, 6) is -3.15. The van der Waals surface area contributed by atoms with Crippen LogP contribution in [-0.2, 0) is 5.60 Å². The summed E-state index contributed by atoms with van der Waals surface area (Å²) in [6.07, 6.45) is -0.414. The molecule has 1 N–H and O–H groups in total. The Morgan fingerprint density at radius 2 is 1.73 bits per heavy atom. The molecule has 0 aromatic heterocycles. The summed E-state index contributed by atoms with van der Waals surface area (Å²) in [6, 6.07) is 5.78. The average Bonchev–Trinajstić information content (AvgIpc) is 2.18. The van der Waals surface area contributed by atoms with Crippen molar-refractivity contribution in [1.29, 1.82) is 0 Å². The van der Waals surface area contributed by atoms with E-state index in [1.165, 1.54) is 31.2 Å². The third-order valence-electron chi connectivity index (χ3n) is 2.56. The zero-order valence-corrected chi connectivity index (χ0v) is 9.35. The molecule has 0 bridgehead atoms. The van der Waals surface area contributed by atoms with E-state index < -0.39 is 17.9 Å². The minimum absolute atomic E-state index is 0.166. The van der Waals surface area contributed by atoms with Crippen LogP contribution < -0.4 is 0 Å². The van der Waals surface area contributed by atoms with Crippen molar-refractivity contribution in [1.82, 2.24) is 0 Å². The largest absolute Gasteiger partial charge is 0.379 e. The maximum absolute atomic E-state index is 13.4. The van der Waals surface area contributed by atoms with Crippen molar-refractivity contribution < 1.29 is 13.9 Å². The first kappa shape index (κ1) is 12.4. The molecular formula is C11H13ClF2O. The number of hydrogen-bond acceptors (Lipinski definition) is 1. The van der Waals surface area contributed by atoms with Crippen LogP contribution >= 0.6 is 11.6 Å². The van der Waals surface area contributed by atoms with Gasteiger partial charge >= 0.3 is 0 Å². The summed E-state index contributed by atoms with van der Waals surface area (Å²) in [6.45, 7) is 2.45. The van der Waals surface area contributed by atoms with Crippen LogP contribution in [0.1, 0.15) is 25.8 Å². The predicted molar refractivity (Wildman–Crippen MR) is 56.3 cm³/mol. The van der Waals surface area contributed by atoms with Crippen LogP contribution in [0.4, 0.5) is 8.78 Å². The molecule has 0 spiro atoms. The van der Waals surface area contributed by atoms with Gasteiger partial charge in [0.2, 0.25) is 0 Å². The van der Waals surface area contributed by atoms with Gasteiger partial charge in [-0.3, -0.25) is 0 Å². The van der Waals surface area contributed by atoms with Crippen molar-refractivity contribution in [3.63, 3.8) is 0 Å². The van der Waals surface area contributed by atoms with Crippen molar-refractivity contribution in [3.8, 4) is 0 Å². The zero-order valence-electron chi connectivity index (χ0n) is 8.60. The predicted octanol–water partition coefficient (Wildman–Crippen LogP) is 3.59. The number of aliphatic hydroxyl groups is 1. The Morgan fingerprint density at radius 3 is 2.13 bits per heavy atom. The molecule has 1 nitrogen and oxygen atoms in total. The Morgan fingerprint density at radius 1 is 1.27 bits per heavy atom. The Labute approximate surface area is 92.7 Å². The summed E-state index contributed by atoms with van der Waals surface area (Å²) < 4.78 is 26.9. The number of halogens is 3. The Kier molecular flexibility index (Phi) is 3.36. The summed E-state index contributed by atoms with van der Waals surface area (Å²) in [4.78, 5) is 0. The minimum atomic E-state index is -3.15. The quantitative estimate of drug-likeness (QED) is 0.847. The van der Waals surface area contributed by atoms with E-state index >= 15 is 0 Å². The summed E-state index contributed by atoms with van der Waals surface area (Å²) in [5.41, 5.74) is -1.99. The lowest BCUT2D eigenvalue weighted by molar-refractivity contribution is -0.178. The fraction of sp³-hybridized carbons (Fsp3) is 0.455. The second kappa shape index (κ2) is 4.06. The molecule has 0 aliphatic rings. The lowest BCUT2D eigenvalue weighted by atomic mass is 9.88. The fourth-order valence-electron chi connectivity index (χ4n) is 1.33. The standard InChI is InChI=1S/C11H13ClF2O/c1-3-11(13,14)10(2,15)8-4-6-9(12)7-5-8/h4-7,15H,3H2,1-2H3. The number of benzene rings is 1. The monoisotopic (exact) mass is 234 g/mol. The normalized spacial score (nSPS) is 16.1. The zero-order chi connectivity index (χ0) is 11.7. The van der Waals surface area contributed by atoms with Gasteiger partial charge in [0.05, 0.1) is 0 Å². The lowest BCUT2D eigenvalue weighted by Gasteiger charge is -2.32. The van der Waals surface area contributed by atoms with Crippen molar-refractivity contribution in [3.05, 3.63) is 34.9 Å². The molecular weight excluding hydrogens is 222 g/mol. The van der Waals surface area contributed by atoms with Gasteiger partial charge in [0.1, 0.15) is 5.60 Å². The minimum Gasteiger partial charge on any atom is -0.379 e. The van der Waals surface area contributed by atoms with E-state index in [9.17, 15) is 13.9 Å². The molecule has 1 aromatic rings. The van der Waals surface area contributed by atoms with Gasteiger partial charge in [-0.2, -0.15) is 0 Å². The highest BCUT2D eigenvalue weighted by molar-refractivity contribution is 6.30. The van der Waals surface area contributed by atoms with Crippen LogP contribution in [0, 0.1) is 0 Å². The second-order valence-corrected chi connectivity index (χ2v) is 4.07. The van der Waals surface area contributed by atoms with Gasteiger partial charge in [-0.25, -0.2) is 8.78 Å². The van der Waals surface area contributed by atoms with Gasteiger partial charge in [-0.1, -0.05) is 30.7 Å². The van der Waals surface area contributed by atoms with Crippen LogP contribution in [0.2, 0.25) is 5.02 Å². The maximum Gasteiger partial charge on any atom is 0.279 e. The number of hydrogen-bond donors (Lipinski definition) is 1. The van der Waals surface area contributed by atoms with Crippen molar-refractivity contribution in [2.24, 2.45) is 0 Å². The van der Waals surface area contributed by atoms with Gasteiger partial charge in [-0.05, 0) is 24.6 Å². The van der Waals surface area contributed by atoms with Crippen molar-refractivity contribution in [2.75, 3.05) is 0 Å². The number of alkyl halides is 2. The van der Waals surface area contributed by atoms with Crippen LogP contribution in [-0.4, -0.2) is 11.0 Å². The van der Waals surface area contributed by atoms with E-state index in [4.69, 9.17) is 11.6 Å². The molecule has 1 aromatic carbocycles. The van der Waals surface area contributed by atoms with Gasteiger partial charge in [-0.15, -0.1) is 0 Å². The molecule has 1 unspecified atom stereocenters. The average molecular weight is 235 g/mol. The molecule has 0 aliphatic carbocycles. The first-order chi connectivity index (χ1) is 6.81. The topological polar surface area (TPSA) is 20.2 Å². The molecule has 0 heterocycles. The molecule has 0 radical (unpaired) electrons. The molecule has 15 heavy (non-hydrogen) atoms. The van der Waals surface area contributed by atoms with E-state index in [1.807, 2.05) is 0 Å². The van der Waals surface area contributed by atoms with Crippen LogP contribution in [0.25, 0.3) is 0 Å². The smallest absolute Gasteiger partial charge is 0.279 e. The van der Waals surface area contributed by atoms with E-state index in [0.29, 0.717) is 5.02 Å². The van der Waals surface area contributed by atoms with Gasteiger partial charge in [0.25, 0.3) is 5.92 Å². The first-order valence-electron chi connectivity index (χ1n) is 4.67. The Hall–Kier alpha value is -0.670. The first-order valence-corrected chi connectivity index (χ1v) is 5.05. The van der Waals surface area contributed by atoms with Crippen molar-refractivity contribution >= 4 is 11.6 Å². The molecule has 4 heteroatoms. The van der Waals surface area contributed by atoms with Gasteiger partial charge in [0.15, 0.2) is 0 Å². The highest BCUT2D eigenvalue weighted by atomic mass is 35.5. The molecule has 0 amide bonds. The van der Waals surface area contributed by atoms with E-state index in [2.05, 4.69) is 0 Å². The number of rotatable bonds is 3. The third kappa shape index (κ3) is 2.29. The molecule has 0 saturated carbocycles. The molecule has 0 fully saturated rings. The Balaban J connectivity index is 3.10. The SMILES string of the molecule is CCC(F)(F)C(C)(O)c1ccc(Cl)cc1. The summed E-state index contributed by atoms with van der Waals surface area (Å²) in [5, 5.41) is 10.3. The lowest BCUT2D eigenvalue weighted by Crippen LogP contribution is -2.42. The summed E-state index contributed by atoms with van der Waals surface area (Å²) in [7, 11) is 0. The Bertz CT molecular complexity index is 333. The van der Waals surface area contributed by atoms with Crippen LogP contribution in [0.3, 0.4) is 0 Å². The van der Waals surface area contributed by atoms with Gasteiger partial charge in [0, 0.05) is 11.4 Å². The summed E-state index contributed by atoms with van der Waals surface area (Å²) >= 11 is 5.64. The van der Waals surface area contributed by atoms with Gasteiger partial charge < -0.3 is 5.11 Å². The second-order valence-electron chi connectivity index (χ2n) is 3.64.